The third-order valence-electron chi connectivity index (χ3n) is 3.39. The third kappa shape index (κ3) is 3.67. The fraction of sp³-hybridized carbons (Fsp3) is 0.846. The van der Waals surface area contributed by atoms with Crippen molar-refractivity contribution in [2.75, 3.05) is 33.8 Å². The van der Waals surface area contributed by atoms with E-state index in [1.807, 2.05) is 11.9 Å². The molecule has 1 rings (SSSR count). The first-order chi connectivity index (χ1) is 8.68. The molecule has 1 N–H and O–H groups in total. The Hall–Kier alpha value is -1.14. The van der Waals surface area contributed by atoms with Crippen LogP contribution in [0, 0.1) is 5.41 Å². The van der Waals surface area contributed by atoms with Gasteiger partial charge in [0.1, 0.15) is 12.1 Å². The number of aliphatic hydroxyl groups excluding tert-OH is 1. The van der Waals surface area contributed by atoms with Gasteiger partial charge in [0.2, 0.25) is 0 Å². The van der Waals surface area contributed by atoms with E-state index in [4.69, 9.17) is 4.74 Å². The molecule has 0 unspecified atom stereocenters. The maximum absolute atomic E-state index is 12.3. The van der Waals surface area contributed by atoms with E-state index in [9.17, 15) is 14.7 Å². The molecule has 1 amide bonds. The number of ether oxygens (including phenoxy) is 1. The van der Waals surface area contributed by atoms with Crippen LogP contribution in [0.1, 0.15) is 20.8 Å². The Bertz CT molecular complexity index is 351. The highest BCUT2D eigenvalue weighted by atomic mass is 16.5. The SMILES string of the molecule is COC(=O)[C@@H]1CN(C)CCN1C(=O)[C@H](O)C(C)(C)C. The molecule has 1 saturated heterocycles. The number of methoxy groups -OCH3 is 1. The van der Waals surface area contributed by atoms with Gasteiger partial charge in [-0.3, -0.25) is 4.79 Å². The summed E-state index contributed by atoms with van der Waals surface area (Å²) in [6, 6.07) is -0.645. The maximum Gasteiger partial charge on any atom is 0.329 e. The van der Waals surface area contributed by atoms with Crippen molar-refractivity contribution in [1.82, 2.24) is 9.80 Å². The number of piperazine rings is 1. The van der Waals surface area contributed by atoms with Gasteiger partial charge in [0, 0.05) is 19.6 Å². The average molecular weight is 272 g/mol. The lowest BCUT2D eigenvalue weighted by molar-refractivity contribution is -0.162. The van der Waals surface area contributed by atoms with Crippen molar-refractivity contribution in [2.45, 2.75) is 32.9 Å². The Morgan fingerprint density at radius 2 is 1.89 bits per heavy atom. The Kier molecular flexibility index (Phi) is 4.92. The number of carbonyl (C=O) groups excluding carboxylic acids is 2. The Balaban J connectivity index is 2.89. The molecule has 110 valence electrons. The number of esters is 1. The van der Waals surface area contributed by atoms with Crippen molar-refractivity contribution in [2.24, 2.45) is 5.41 Å². The van der Waals surface area contributed by atoms with E-state index in [0.29, 0.717) is 19.6 Å². The number of likely N-dealkylation sites (N-methyl/N-ethyl adjacent to an activating group) is 1. The summed E-state index contributed by atoms with van der Waals surface area (Å²) < 4.78 is 4.74. The molecule has 19 heavy (non-hydrogen) atoms. The summed E-state index contributed by atoms with van der Waals surface area (Å²) in [7, 11) is 3.19. The molecule has 2 atom stereocenters. The number of nitrogens with zero attached hydrogens (tertiary/aromatic N) is 2. The van der Waals surface area contributed by atoms with Crippen molar-refractivity contribution in [1.29, 1.82) is 0 Å². The summed E-state index contributed by atoms with van der Waals surface area (Å²) in [6.07, 6.45) is -1.12. The smallest absolute Gasteiger partial charge is 0.329 e. The van der Waals surface area contributed by atoms with Crippen LogP contribution in [-0.2, 0) is 14.3 Å². The first-order valence-corrected chi connectivity index (χ1v) is 6.43. The molecule has 1 aliphatic heterocycles. The number of rotatable bonds is 2. The van der Waals surface area contributed by atoms with Gasteiger partial charge < -0.3 is 19.6 Å². The van der Waals surface area contributed by atoms with Gasteiger partial charge in [-0.15, -0.1) is 0 Å². The summed E-state index contributed by atoms with van der Waals surface area (Å²) in [5.41, 5.74) is -0.554. The molecule has 6 nitrogen and oxygen atoms in total. The lowest BCUT2D eigenvalue weighted by Gasteiger charge is -2.40. The fourth-order valence-corrected chi connectivity index (χ4v) is 2.05. The molecular formula is C13H24N2O4. The lowest BCUT2D eigenvalue weighted by atomic mass is 9.88. The van der Waals surface area contributed by atoms with Crippen LogP contribution < -0.4 is 0 Å². The van der Waals surface area contributed by atoms with Crippen LogP contribution >= 0.6 is 0 Å². The Morgan fingerprint density at radius 1 is 1.32 bits per heavy atom. The second-order valence-electron chi connectivity index (χ2n) is 6.10. The maximum atomic E-state index is 12.3. The second-order valence-corrected chi connectivity index (χ2v) is 6.10. The van der Waals surface area contributed by atoms with Gasteiger partial charge in [0.15, 0.2) is 0 Å². The van der Waals surface area contributed by atoms with Crippen LogP contribution in [0.4, 0.5) is 0 Å². The van der Waals surface area contributed by atoms with E-state index in [2.05, 4.69) is 0 Å². The molecule has 0 aromatic carbocycles. The summed E-state index contributed by atoms with van der Waals surface area (Å²) in [5.74, 6) is -0.850. The van der Waals surface area contributed by atoms with Crippen molar-refractivity contribution < 1.29 is 19.4 Å². The molecule has 1 heterocycles. The van der Waals surface area contributed by atoms with E-state index in [1.165, 1.54) is 12.0 Å². The molecule has 1 aliphatic rings. The summed E-state index contributed by atoms with van der Waals surface area (Å²) in [6.45, 7) is 6.89. The van der Waals surface area contributed by atoms with Crippen molar-refractivity contribution in [3.63, 3.8) is 0 Å². The van der Waals surface area contributed by atoms with Crippen LogP contribution in [0.3, 0.4) is 0 Å². The van der Waals surface area contributed by atoms with Crippen LogP contribution in [0.15, 0.2) is 0 Å². The van der Waals surface area contributed by atoms with Crippen molar-refractivity contribution in [3.05, 3.63) is 0 Å². The van der Waals surface area contributed by atoms with E-state index >= 15 is 0 Å². The topological polar surface area (TPSA) is 70.1 Å². The molecular weight excluding hydrogens is 248 g/mol. The van der Waals surface area contributed by atoms with Gasteiger partial charge in [0.25, 0.3) is 5.91 Å². The first kappa shape index (κ1) is 15.9. The van der Waals surface area contributed by atoms with E-state index in [1.54, 1.807) is 20.8 Å². The van der Waals surface area contributed by atoms with Gasteiger partial charge in [-0.2, -0.15) is 0 Å². The zero-order valence-corrected chi connectivity index (χ0v) is 12.3. The van der Waals surface area contributed by atoms with Gasteiger partial charge in [-0.25, -0.2) is 4.79 Å². The van der Waals surface area contributed by atoms with Gasteiger partial charge >= 0.3 is 5.97 Å². The minimum Gasteiger partial charge on any atom is -0.467 e. The number of carbonyl (C=O) groups is 2. The monoisotopic (exact) mass is 272 g/mol. The molecule has 1 fully saturated rings. The van der Waals surface area contributed by atoms with Crippen LogP contribution in [0.25, 0.3) is 0 Å². The molecule has 0 bridgehead atoms. The van der Waals surface area contributed by atoms with Gasteiger partial charge in [-0.05, 0) is 12.5 Å². The fourth-order valence-electron chi connectivity index (χ4n) is 2.05. The largest absolute Gasteiger partial charge is 0.467 e. The summed E-state index contributed by atoms with van der Waals surface area (Å²) >= 11 is 0. The second kappa shape index (κ2) is 5.88. The third-order valence-corrected chi connectivity index (χ3v) is 3.39. The number of aliphatic hydroxyl groups is 1. The van der Waals surface area contributed by atoms with Gasteiger partial charge in [-0.1, -0.05) is 20.8 Å². The molecule has 0 aliphatic carbocycles. The summed E-state index contributed by atoms with van der Waals surface area (Å²) in [4.78, 5) is 27.5. The highest BCUT2D eigenvalue weighted by Gasteiger charge is 2.40. The molecule has 0 saturated carbocycles. The molecule has 0 aromatic rings. The molecule has 0 aromatic heterocycles. The van der Waals surface area contributed by atoms with Crippen LogP contribution in [-0.4, -0.2) is 72.7 Å². The Labute approximate surface area is 114 Å². The lowest BCUT2D eigenvalue weighted by Crippen LogP contribution is -2.60. The van der Waals surface area contributed by atoms with Crippen molar-refractivity contribution in [3.8, 4) is 0 Å². The molecule has 0 spiro atoms. The normalized spacial score (nSPS) is 23.1. The predicted octanol–water partition coefficient (Wildman–Crippen LogP) is -0.291. The Morgan fingerprint density at radius 3 is 2.37 bits per heavy atom. The quantitative estimate of drug-likeness (QED) is 0.700. The zero-order chi connectivity index (χ0) is 14.8. The van der Waals surface area contributed by atoms with E-state index in [-0.39, 0.29) is 0 Å². The number of hydrogen-bond donors (Lipinski definition) is 1. The summed E-state index contributed by atoms with van der Waals surface area (Å²) in [5, 5.41) is 10.1. The standard InChI is InChI=1S/C13H24N2O4/c1-13(2,3)10(16)11(17)15-7-6-14(4)8-9(15)12(18)19-5/h9-10,16H,6-8H2,1-5H3/t9-,10-/m0/s1. The van der Waals surface area contributed by atoms with Crippen LogP contribution in [0.2, 0.25) is 0 Å². The van der Waals surface area contributed by atoms with E-state index in [0.717, 1.165) is 0 Å². The molecule has 6 heteroatoms. The average Bonchev–Trinajstić information content (AvgIpc) is 2.34. The molecule has 0 radical (unpaired) electrons. The highest BCUT2D eigenvalue weighted by Crippen LogP contribution is 2.23. The van der Waals surface area contributed by atoms with E-state index < -0.39 is 29.4 Å². The minimum atomic E-state index is -1.12. The van der Waals surface area contributed by atoms with Crippen molar-refractivity contribution >= 4 is 11.9 Å². The minimum absolute atomic E-state index is 0.406. The zero-order valence-electron chi connectivity index (χ0n) is 12.3. The van der Waals surface area contributed by atoms with Gasteiger partial charge in [0.05, 0.1) is 7.11 Å². The number of amides is 1. The predicted molar refractivity (Wildman–Crippen MR) is 70.5 cm³/mol. The highest BCUT2D eigenvalue weighted by molar-refractivity contribution is 5.87. The number of hydrogen-bond acceptors (Lipinski definition) is 5. The first-order valence-electron chi connectivity index (χ1n) is 6.43. The van der Waals surface area contributed by atoms with Crippen LogP contribution in [0.5, 0.6) is 0 Å².